The van der Waals surface area contributed by atoms with Crippen LogP contribution in [0.3, 0.4) is 0 Å². The second kappa shape index (κ2) is 7.88. The van der Waals surface area contributed by atoms with E-state index in [1.54, 1.807) is 19.2 Å². The second-order valence-electron chi connectivity index (χ2n) is 3.66. The minimum absolute atomic E-state index is 0.339. The highest BCUT2D eigenvalue weighted by Crippen LogP contribution is 2.13. The van der Waals surface area contributed by atoms with E-state index in [0.717, 1.165) is 32.4 Å². The summed E-state index contributed by atoms with van der Waals surface area (Å²) in [6.45, 7) is 1.62. The number of ether oxygens (including phenoxy) is 1. The molecule has 4 nitrogen and oxygen atoms in total. The average Bonchev–Trinajstić information content (AvgIpc) is 2.33. The zero-order valence-electron chi connectivity index (χ0n) is 9.87. The standard InChI is InChI=1S/C12H16ClN3O/c1-17-6-4-2-3-5-15-12-8-10(9-14)7-11(13)16-12/h7-8H,2-6H2,1H3,(H,15,16). The summed E-state index contributed by atoms with van der Waals surface area (Å²) in [5.74, 6) is 0.654. The van der Waals surface area contributed by atoms with Crippen LogP contribution in [0.15, 0.2) is 12.1 Å². The lowest BCUT2D eigenvalue weighted by Gasteiger charge is -2.06. The van der Waals surface area contributed by atoms with Crippen molar-refractivity contribution in [1.29, 1.82) is 5.26 Å². The summed E-state index contributed by atoms with van der Waals surface area (Å²) >= 11 is 5.79. The summed E-state index contributed by atoms with van der Waals surface area (Å²) in [5.41, 5.74) is 0.520. The molecule has 0 fully saturated rings. The van der Waals surface area contributed by atoms with Crippen molar-refractivity contribution in [2.45, 2.75) is 19.3 Å². The molecule has 0 aliphatic heterocycles. The van der Waals surface area contributed by atoms with Gasteiger partial charge in [0, 0.05) is 20.3 Å². The van der Waals surface area contributed by atoms with Crippen LogP contribution in [0.5, 0.6) is 0 Å². The van der Waals surface area contributed by atoms with Crippen molar-refractivity contribution < 1.29 is 4.74 Å². The first-order valence-corrected chi connectivity index (χ1v) is 5.94. The maximum absolute atomic E-state index is 8.78. The van der Waals surface area contributed by atoms with E-state index in [1.807, 2.05) is 6.07 Å². The van der Waals surface area contributed by atoms with Crippen LogP contribution in [-0.2, 0) is 4.74 Å². The third-order valence-corrected chi connectivity index (χ3v) is 2.45. The minimum Gasteiger partial charge on any atom is -0.385 e. The molecule has 0 bridgehead atoms. The van der Waals surface area contributed by atoms with E-state index in [2.05, 4.69) is 10.3 Å². The molecule has 0 amide bonds. The Labute approximate surface area is 107 Å². The van der Waals surface area contributed by atoms with E-state index >= 15 is 0 Å². The fourth-order valence-corrected chi connectivity index (χ4v) is 1.63. The third-order valence-electron chi connectivity index (χ3n) is 2.25. The number of hydrogen-bond acceptors (Lipinski definition) is 4. The second-order valence-corrected chi connectivity index (χ2v) is 4.04. The van der Waals surface area contributed by atoms with Crippen molar-refractivity contribution in [2.24, 2.45) is 0 Å². The minimum atomic E-state index is 0.339. The van der Waals surface area contributed by atoms with Crippen molar-refractivity contribution in [1.82, 2.24) is 4.98 Å². The molecule has 1 rings (SSSR count). The summed E-state index contributed by atoms with van der Waals surface area (Å²) in [4.78, 5) is 4.09. The lowest BCUT2D eigenvalue weighted by molar-refractivity contribution is 0.192. The molecule has 1 aromatic heterocycles. The number of hydrogen-bond donors (Lipinski definition) is 1. The number of nitrogens with one attached hydrogen (secondary N) is 1. The van der Waals surface area contributed by atoms with Gasteiger partial charge in [0.05, 0.1) is 11.6 Å². The van der Waals surface area contributed by atoms with Gasteiger partial charge in [0.2, 0.25) is 0 Å². The van der Waals surface area contributed by atoms with E-state index in [9.17, 15) is 0 Å². The SMILES string of the molecule is COCCCCCNc1cc(C#N)cc(Cl)n1. The molecule has 0 saturated carbocycles. The first-order chi connectivity index (χ1) is 8.26. The van der Waals surface area contributed by atoms with Gasteiger partial charge < -0.3 is 10.1 Å². The van der Waals surface area contributed by atoms with Gasteiger partial charge in [0.1, 0.15) is 11.0 Å². The topological polar surface area (TPSA) is 57.9 Å². The number of methoxy groups -OCH3 is 1. The van der Waals surface area contributed by atoms with Gasteiger partial charge >= 0.3 is 0 Å². The Morgan fingerprint density at radius 2 is 2.24 bits per heavy atom. The van der Waals surface area contributed by atoms with Crippen LogP contribution in [0, 0.1) is 11.3 Å². The third kappa shape index (κ3) is 5.53. The van der Waals surface area contributed by atoms with Crippen LogP contribution in [0.25, 0.3) is 0 Å². The van der Waals surface area contributed by atoms with Crippen LogP contribution in [0.1, 0.15) is 24.8 Å². The van der Waals surface area contributed by atoms with Gasteiger partial charge in [0.25, 0.3) is 0 Å². The van der Waals surface area contributed by atoms with E-state index in [-0.39, 0.29) is 0 Å². The number of nitriles is 1. The first kappa shape index (κ1) is 13.8. The molecule has 0 saturated heterocycles. The summed E-state index contributed by atoms with van der Waals surface area (Å²) < 4.78 is 4.97. The Morgan fingerprint density at radius 1 is 1.41 bits per heavy atom. The number of rotatable bonds is 7. The van der Waals surface area contributed by atoms with Crippen LogP contribution >= 0.6 is 11.6 Å². The summed E-state index contributed by atoms with van der Waals surface area (Å²) in [7, 11) is 1.71. The molecule has 0 spiro atoms. The number of unbranched alkanes of at least 4 members (excludes halogenated alkanes) is 2. The fourth-order valence-electron chi connectivity index (χ4n) is 1.42. The molecule has 1 N–H and O–H groups in total. The normalized spacial score (nSPS) is 9.94. The Morgan fingerprint density at radius 3 is 2.94 bits per heavy atom. The van der Waals surface area contributed by atoms with Crippen LogP contribution in [0.4, 0.5) is 5.82 Å². The van der Waals surface area contributed by atoms with Crippen molar-refractivity contribution in [3.63, 3.8) is 0 Å². The highest BCUT2D eigenvalue weighted by molar-refractivity contribution is 6.29. The van der Waals surface area contributed by atoms with E-state index < -0.39 is 0 Å². The molecule has 0 aliphatic rings. The van der Waals surface area contributed by atoms with Gasteiger partial charge in [-0.2, -0.15) is 5.26 Å². The Hall–Kier alpha value is -1.31. The molecule has 1 heterocycles. The molecular weight excluding hydrogens is 238 g/mol. The molecule has 92 valence electrons. The number of aromatic nitrogens is 1. The lowest BCUT2D eigenvalue weighted by Crippen LogP contribution is -2.04. The van der Waals surface area contributed by atoms with Gasteiger partial charge in [-0.05, 0) is 31.4 Å². The number of halogens is 1. The molecule has 1 aromatic rings. The zero-order chi connectivity index (χ0) is 12.5. The van der Waals surface area contributed by atoms with Crippen LogP contribution in [-0.4, -0.2) is 25.2 Å². The van der Waals surface area contributed by atoms with E-state index in [4.69, 9.17) is 21.6 Å². The molecule has 0 unspecified atom stereocenters. The largest absolute Gasteiger partial charge is 0.385 e. The van der Waals surface area contributed by atoms with Crippen molar-refractivity contribution in [2.75, 3.05) is 25.6 Å². The number of anilines is 1. The van der Waals surface area contributed by atoms with Gasteiger partial charge in [0.15, 0.2) is 0 Å². The van der Waals surface area contributed by atoms with Crippen molar-refractivity contribution in [3.05, 3.63) is 22.8 Å². The molecule has 0 atom stereocenters. The van der Waals surface area contributed by atoms with Gasteiger partial charge in [-0.1, -0.05) is 11.6 Å². The summed E-state index contributed by atoms with van der Waals surface area (Å²) in [5, 5.41) is 12.3. The Bertz CT molecular complexity index is 390. The first-order valence-electron chi connectivity index (χ1n) is 5.56. The molecule has 0 aliphatic carbocycles. The number of nitrogens with zero attached hydrogens (tertiary/aromatic N) is 2. The Balaban J connectivity index is 2.32. The van der Waals surface area contributed by atoms with Crippen molar-refractivity contribution in [3.8, 4) is 6.07 Å². The van der Waals surface area contributed by atoms with Crippen molar-refractivity contribution >= 4 is 17.4 Å². The summed E-state index contributed by atoms with van der Waals surface area (Å²) in [6.07, 6.45) is 3.20. The Kier molecular flexibility index (Phi) is 6.38. The highest BCUT2D eigenvalue weighted by atomic mass is 35.5. The molecule has 0 radical (unpaired) electrons. The highest BCUT2D eigenvalue weighted by Gasteiger charge is 2.00. The maximum atomic E-state index is 8.78. The molecular formula is C12H16ClN3O. The lowest BCUT2D eigenvalue weighted by atomic mass is 10.2. The summed E-state index contributed by atoms with van der Waals surface area (Å²) in [6, 6.07) is 5.29. The monoisotopic (exact) mass is 253 g/mol. The fraction of sp³-hybridized carbons (Fsp3) is 0.500. The average molecular weight is 254 g/mol. The number of pyridine rings is 1. The predicted molar refractivity (Wildman–Crippen MR) is 68.2 cm³/mol. The van der Waals surface area contributed by atoms with Gasteiger partial charge in [-0.25, -0.2) is 4.98 Å². The predicted octanol–water partition coefficient (Wildman–Crippen LogP) is 2.84. The quantitative estimate of drug-likeness (QED) is 0.600. The van der Waals surface area contributed by atoms with E-state index in [1.165, 1.54) is 0 Å². The van der Waals surface area contributed by atoms with Gasteiger partial charge in [-0.3, -0.25) is 0 Å². The smallest absolute Gasteiger partial charge is 0.132 e. The molecule has 0 aromatic carbocycles. The zero-order valence-corrected chi connectivity index (χ0v) is 10.6. The molecule has 5 heteroatoms. The van der Waals surface area contributed by atoms with Gasteiger partial charge in [-0.15, -0.1) is 0 Å². The van der Waals surface area contributed by atoms with Crippen LogP contribution < -0.4 is 5.32 Å². The maximum Gasteiger partial charge on any atom is 0.132 e. The van der Waals surface area contributed by atoms with E-state index in [0.29, 0.717) is 16.5 Å². The molecule has 17 heavy (non-hydrogen) atoms. The van der Waals surface area contributed by atoms with Crippen LogP contribution in [0.2, 0.25) is 5.15 Å².